The lowest BCUT2D eigenvalue weighted by Crippen LogP contribution is -2.45. The highest BCUT2D eigenvalue weighted by Gasteiger charge is 2.17. The Kier molecular flexibility index (Phi) is 3.99. The van der Waals surface area contributed by atoms with Crippen molar-refractivity contribution in [2.24, 2.45) is 0 Å². The van der Waals surface area contributed by atoms with Crippen molar-refractivity contribution in [2.75, 3.05) is 31.1 Å². The van der Waals surface area contributed by atoms with Crippen molar-refractivity contribution < 1.29 is 0 Å². The second-order valence-corrected chi connectivity index (χ2v) is 6.24. The summed E-state index contributed by atoms with van der Waals surface area (Å²) in [5.74, 6) is 0. The van der Waals surface area contributed by atoms with Crippen LogP contribution >= 0.6 is 0 Å². The zero-order chi connectivity index (χ0) is 15.5. The van der Waals surface area contributed by atoms with Gasteiger partial charge in [-0.25, -0.2) is 0 Å². The second kappa shape index (κ2) is 6.43. The van der Waals surface area contributed by atoms with Gasteiger partial charge in [-0.15, -0.1) is 0 Å². The fourth-order valence-corrected chi connectivity index (χ4v) is 3.47. The van der Waals surface area contributed by atoms with Crippen LogP contribution in [0.4, 0.5) is 5.69 Å². The average molecular weight is 302 g/mol. The molecule has 2 heteroatoms. The van der Waals surface area contributed by atoms with Crippen LogP contribution in [0.2, 0.25) is 0 Å². The molecule has 4 rings (SSSR count). The van der Waals surface area contributed by atoms with E-state index in [1.807, 2.05) is 0 Å². The first-order chi connectivity index (χ1) is 11.4. The summed E-state index contributed by atoms with van der Waals surface area (Å²) in [6.07, 6.45) is 0. The number of nitrogens with zero attached hydrogens (tertiary/aromatic N) is 2. The normalized spacial score (nSPS) is 15.9. The van der Waals surface area contributed by atoms with Crippen molar-refractivity contribution in [2.45, 2.75) is 6.54 Å². The van der Waals surface area contributed by atoms with Gasteiger partial charge in [-0.05, 0) is 28.5 Å². The Hall–Kier alpha value is -2.32. The number of para-hydroxylation sites is 1. The summed E-state index contributed by atoms with van der Waals surface area (Å²) in [4.78, 5) is 5.06. The van der Waals surface area contributed by atoms with E-state index < -0.39 is 0 Å². The number of fused-ring (bicyclic) bond motifs is 1. The predicted octanol–water partition coefficient (Wildman–Crippen LogP) is 4.16. The van der Waals surface area contributed by atoms with Crippen molar-refractivity contribution in [1.82, 2.24) is 4.90 Å². The number of benzene rings is 3. The largest absolute Gasteiger partial charge is 0.369 e. The summed E-state index contributed by atoms with van der Waals surface area (Å²) in [6.45, 7) is 5.50. The van der Waals surface area contributed by atoms with Gasteiger partial charge in [-0.1, -0.05) is 60.7 Å². The van der Waals surface area contributed by atoms with Gasteiger partial charge in [0.05, 0.1) is 0 Å². The first-order valence-corrected chi connectivity index (χ1v) is 8.39. The Bertz CT molecular complexity index is 769. The molecule has 1 aliphatic rings. The van der Waals surface area contributed by atoms with Crippen LogP contribution in [0, 0.1) is 0 Å². The third-order valence-corrected chi connectivity index (χ3v) is 4.77. The fraction of sp³-hybridized carbons (Fsp3) is 0.238. The summed E-state index contributed by atoms with van der Waals surface area (Å²) in [7, 11) is 0. The van der Waals surface area contributed by atoms with Crippen LogP contribution < -0.4 is 4.90 Å². The van der Waals surface area contributed by atoms with Crippen molar-refractivity contribution in [1.29, 1.82) is 0 Å². The highest BCUT2D eigenvalue weighted by Crippen LogP contribution is 2.21. The molecule has 0 N–H and O–H groups in total. The molecule has 1 aliphatic heterocycles. The first-order valence-electron chi connectivity index (χ1n) is 8.39. The molecule has 0 unspecified atom stereocenters. The number of piperazine rings is 1. The molecule has 0 aliphatic carbocycles. The minimum absolute atomic E-state index is 1.05. The Morgan fingerprint density at radius 3 is 2.17 bits per heavy atom. The maximum absolute atomic E-state index is 2.57. The van der Waals surface area contributed by atoms with Gasteiger partial charge in [0.1, 0.15) is 0 Å². The molecule has 2 nitrogen and oxygen atoms in total. The van der Waals surface area contributed by atoms with Crippen LogP contribution in [0.3, 0.4) is 0 Å². The lowest BCUT2D eigenvalue weighted by molar-refractivity contribution is 0.250. The van der Waals surface area contributed by atoms with Gasteiger partial charge in [0.25, 0.3) is 0 Å². The molecule has 0 aromatic heterocycles. The van der Waals surface area contributed by atoms with E-state index in [0.717, 1.165) is 32.7 Å². The van der Waals surface area contributed by atoms with Crippen molar-refractivity contribution >= 4 is 16.5 Å². The van der Waals surface area contributed by atoms with Crippen molar-refractivity contribution in [3.63, 3.8) is 0 Å². The molecule has 0 radical (unpaired) electrons. The highest BCUT2D eigenvalue weighted by molar-refractivity contribution is 5.85. The minimum atomic E-state index is 1.05. The zero-order valence-electron chi connectivity index (χ0n) is 13.4. The summed E-state index contributed by atoms with van der Waals surface area (Å²) in [5.41, 5.74) is 2.79. The molecule has 1 heterocycles. The zero-order valence-corrected chi connectivity index (χ0v) is 13.4. The summed E-state index contributed by atoms with van der Waals surface area (Å²) < 4.78 is 0. The van der Waals surface area contributed by atoms with Crippen LogP contribution in [0.15, 0.2) is 72.8 Å². The number of anilines is 1. The van der Waals surface area contributed by atoms with Crippen LogP contribution in [-0.4, -0.2) is 31.1 Å². The van der Waals surface area contributed by atoms with Gasteiger partial charge in [0.15, 0.2) is 0 Å². The molecular formula is C21H22N2. The molecule has 23 heavy (non-hydrogen) atoms. The third-order valence-electron chi connectivity index (χ3n) is 4.77. The predicted molar refractivity (Wildman–Crippen MR) is 97.9 cm³/mol. The fourth-order valence-electron chi connectivity index (χ4n) is 3.47. The van der Waals surface area contributed by atoms with Gasteiger partial charge in [0, 0.05) is 38.4 Å². The Morgan fingerprint density at radius 2 is 1.35 bits per heavy atom. The topological polar surface area (TPSA) is 6.48 Å². The molecule has 1 saturated heterocycles. The van der Waals surface area contributed by atoms with Crippen molar-refractivity contribution in [3.05, 3.63) is 78.4 Å². The molecule has 0 spiro atoms. The molecule has 3 aromatic carbocycles. The highest BCUT2D eigenvalue weighted by atomic mass is 15.3. The van der Waals surface area contributed by atoms with Crippen LogP contribution in [0.25, 0.3) is 10.8 Å². The van der Waals surface area contributed by atoms with Crippen molar-refractivity contribution in [3.8, 4) is 0 Å². The Morgan fingerprint density at radius 1 is 0.652 bits per heavy atom. The molecule has 0 bridgehead atoms. The molecule has 116 valence electrons. The van der Waals surface area contributed by atoms with E-state index in [-0.39, 0.29) is 0 Å². The second-order valence-electron chi connectivity index (χ2n) is 6.24. The molecule has 0 atom stereocenters. The smallest absolute Gasteiger partial charge is 0.0367 e. The Labute approximate surface area is 138 Å². The molecule has 1 fully saturated rings. The maximum Gasteiger partial charge on any atom is 0.0367 e. The standard InChI is InChI=1S/C21H22N2/c1-2-10-20(11-3-1)23-15-13-22(14-16-23)17-19-9-6-8-18-7-4-5-12-21(18)19/h1-12H,13-17H2. The lowest BCUT2D eigenvalue weighted by atomic mass is 10.0. The van der Waals surface area contributed by atoms with Crippen LogP contribution in [0.5, 0.6) is 0 Å². The third kappa shape index (κ3) is 3.08. The van der Waals surface area contributed by atoms with Gasteiger partial charge in [0.2, 0.25) is 0 Å². The first kappa shape index (κ1) is 14.3. The van der Waals surface area contributed by atoms with Gasteiger partial charge in [-0.2, -0.15) is 0 Å². The van der Waals surface area contributed by atoms with E-state index in [2.05, 4.69) is 82.6 Å². The summed E-state index contributed by atoms with van der Waals surface area (Å²) >= 11 is 0. The minimum Gasteiger partial charge on any atom is -0.369 e. The van der Waals surface area contributed by atoms with Crippen LogP contribution in [-0.2, 0) is 6.54 Å². The van der Waals surface area contributed by atoms with E-state index in [0.29, 0.717) is 0 Å². The number of hydrogen-bond acceptors (Lipinski definition) is 2. The number of hydrogen-bond donors (Lipinski definition) is 0. The monoisotopic (exact) mass is 302 g/mol. The molecule has 0 saturated carbocycles. The maximum atomic E-state index is 2.57. The summed E-state index contributed by atoms with van der Waals surface area (Å²) in [5, 5.41) is 2.73. The average Bonchev–Trinajstić information content (AvgIpc) is 2.63. The molecular weight excluding hydrogens is 280 g/mol. The number of rotatable bonds is 3. The Balaban J connectivity index is 1.45. The SMILES string of the molecule is c1ccc(N2CCN(Cc3cccc4ccccc34)CC2)cc1. The quantitative estimate of drug-likeness (QED) is 0.717. The van der Waals surface area contributed by atoms with Gasteiger partial charge >= 0.3 is 0 Å². The lowest BCUT2D eigenvalue weighted by Gasteiger charge is -2.36. The van der Waals surface area contributed by atoms with E-state index in [9.17, 15) is 0 Å². The van der Waals surface area contributed by atoms with E-state index >= 15 is 0 Å². The molecule has 0 amide bonds. The van der Waals surface area contributed by atoms with E-state index in [1.54, 1.807) is 0 Å². The van der Waals surface area contributed by atoms with Gasteiger partial charge < -0.3 is 4.90 Å². The summed E-state index contributed by atoms with van der Waals surface area (Å²) in [6, 6.07) is 26.1. The van der Waals surface area contributed by atoms with E-state index in [4.69, 9.17) is 0 Å². The van der Waals surface area contributed by atoms with Crippen LogP contribution in [0.1, 0.15) is 5.56 Å². The molecule has 3 aromatic rings. The van der Waals surface area contributed by atoms with E-state index in [1.165, 1.54) is 22.0 Å². The van der Waals surface area contributed by atoms with Gasteiger partial charge in [-0.3, -0.25) is 4.90 Å².